The molecule has 2 N–H and O–H groups in total. The Morgan fingerprint density at radius 2 is 1.74 bits per heavy atom. The maximum absolute atomic E-state index is 9.76. The van der Waals surface area contributed by atoms with Crippen LogP contribution < -0.4 is 9.54 Å². The summed E-state index contributed by atoms with van der Waals surface area (Å²) in [4.78, 5) is 5.47. The van der Waals surface area contributed by atoms with Gasteiger partial charge in [0.25, 0.3) is 0 Å². The Morgan fingerprint density at radius 1 is 0.968 bits per heavy atom. The summed E-state index contributed by atoms with van der Waals surface area (Å²) in [5, 5.41) is 28.2. The molecule has 0 radical (unpaired) electrons. The highest BCUT2D eigenvalue weighted by Gasteiger charge is 2.09. The fourth-order valence-corrected chi connectivity index (χ4v) is 4.14. The number of aromatic hydroxyl groups is 2. The minimum absolute atomic E-state index is 0.120. The first-order chi connectivity index (χ1) is 14.9. The number of hydrogen-bond donors (Lipinski definition) is 2. The highest BCUT2D eigenvalue weighted by Crippen LogP contribution is 2.28. The third-order valence-electron chi connectivity index (χ3n) is 4.72. The molecule has 0 aliphatic heterocycles. The van der Waals surface area contributed by atoms with Gasteiger partial charge in [-0.3, -0.25) is 4.99 Å². The lowest BCUT2D eigenvalue weighted by molar-refractivity contribution is 0.403. The molecule has 158 valence electrons. The number of thiazole rings is 1. The van der Waals surface area contributed by atoms with Gasteiger partial charge in [-0.25, -0.2) is 4.68 Å². The van der Waals surface area contributed by atoms with Crippen LogP contribution in [0.15, 0.2) is 70.1 Å². The second kappa shape index (κ2) is 8.65. The van der Waals surface area contributed by atoms with Crippen molar-refractivity contribution >= 4 is 28.3 Å². The van der Waals surface area contributed by atoms with E-state index in [0.29, 0.717) is 5.56 Å². The van der Waals surface area contributed by atoms with Crippen LogP contribution in [0.1, 0.15) is 19.4 Å². The Morgan fingerprint density at radius 3 is 2.48 bits per heavy atom. The number of hydrogen-bond acceptors (Lipinski definition) is 6. The number of benzene rings is 3. The van der Waals surface area contributed by atoms with E-state index < -0.39 is 0 Å². The molecule has 0 bridgehead atoms. The van der Waals surface area contributed by atoms with Gasteiger partial charge in [0.15, 0.2) is 11.5 Å². The molecule has 4 rings (SSSR count). The predicted octanol–water partition coefficient (Wildman–Crippen LogP) is 4.98. The molecule has 4 aromatic rings. The van der Waals surface area contributed by atoms with E-state index in [1.54, 1.807) is 24.1 Å². The number of ether oxygens (including phenoxy) is 1. The summed E-state index contributed by atoms with van der Waals surface area (Å²) in [6, 6.07) is 16.9. The summed E-state index contributed by atoms with van der Waals surface area (Å²) in [7, 11) is 1.66. The molecule has 7 heteroatoms. The summed E-state index contributed by atoms with van der Waals surface area (Å²) in [6.45, 7) is 4.05. The number of aromatic nitrogens is 1. The smallest absolute Gasteiger partial charge is 0.206 e. The van der Waals surface area contributed by atoms with Gasteiger partial charge in [-0.05, 0) is 66.6 Å². The summed E-state index contributed by atoms with van der Waals surface area (Å²) >= 11 is 1.52. The molecular weight excluding hydrogens is 410 g/mol. The van der Waals surface area contributed by atoms with Crippen LogP contribution in [0.25, 0.3) is 22.0 Å². The molecule has 3 aromatic carbocycles. The van der Waals surface area contributed by atoms with Gasteiger partial charge < -0.3 is 14.9 Å². The molecule has 0 saturated carbocycles. The Balaban J connectivity index is 1.81. The van der Waals surface area contributed by atoms with E-state index in [2.05, 4.69) is 23.3 Å². The predicted molar refractivity (Wildman–Crippen MR) is 125 cm³/mol. The van der Waals surface area contributed by atoms with Gasteiger partial charge in [-0.2, -0.15) is 5.10 Å². The van der Waals surface area contributed by atoms with Crippen molar-refractivity contribution in [3.05, 3.63) is 70.3 Å². The molecule has 0 unspecified atom stereocenters. The van der Waals surface area contributed by atoms with Crippen LogP contribution in [-0.4, -0.2) is 34.3 Å². The van der Waals surface area contributed by atoms with Crippen molar-refractivity contribution in [1.29, 1.82) is 0 Å². The van der Waals surface area contributed by atoms with Crippen molar-refractivity contribution in [2.75, 3.05) is 7.11 Å². The number of phenols is 2. The van der Waals surface area contributed by atoms with Crippen LogP contribution in [0.4, 0.5) is 0 Å². The normalized spacial score (nSPS) is 12.3. The fourth-order valence-electron chi connectivity index (χ4n) is 3.17. The molecule has 0 aliphatic carbocycles. The molecule has 0 fully saturated rings. The summed E-state index contributed by atoms with van der Waals surface area (Å²) in [6.07, 6.45) is 1.64. The van der Waals surface area contributed by atoms with E-state index in [9.17, 15) is 10.2 Å². The maximum atomic E-state index is 9.76. The van der Waals surface area contributed by atoms with Gasteiger partial charge in [0.2, 0.25) is 4.80 Å². The SMILES string of the molecule is COc1ccc2cc(-c3csc(=NC(C)C)n3N=Cc3ccc(O)c(O)c3)ccc2c1. The number of nitrogens with zero attached hydrogens (tertiary/aromatic N) is 3. The van der Waals surface area contributed by atoms with Crippen LogP contribution in [0.2, 0.25) is 0 Å². The zero-order valence-electron chi connectivity index (χ0n) is 17.5. The van der Waals surface area contributed by atoms with E-state index >= 15 is 0 Å². The largest absolute Gasteiger partial charge is 0.504 e. The standard InChI is InChI=1S/C24H23N3O3S/c1-15(2)26-24-27(25-13-16-4-9-22(28)23(29)10-16)21(14-31-24)19-6-5-18-12-20(30-3)8-7-17(18)11-19/h4-15,28-29H,1-3H3. The lowest BCUT2D eigenvalue weighted by Gasteiger charge is -2.07. The first-order valence-corrected chi connectivity index (χ1v) is 10.7. The summed E-state index contributed by atoms with van der Waals surface area (Å²) < 4.78 is 7.12. The van der Waals surface area contributed by atoms with Crippen molar-refractivity contribution in [3.63, 3.8) is 0 Å². The van der Waals surface area contributed by atoms with E-state index in [4.69, 9.17) is 9.73 Å². The Hall–Kier alpha value is -3.58. The topological polar surface area (TPSA) is 79.3 Å². The Kier molecular flexibility index (Phi) is 5.77. The first kappa shape index (κ1) is 20.7. The summed E-state index contributed by atoms with van der Waals surface area (Å²) in [5.41, 5.74) is 2.60. The number of fused-ring (bicyclic) bond motifs is 1. The van der Waals surface area contributed by atoms with Crippen molar-refractivity contribution in [2.45, 2.75) is 19.9 Å². The number of rotatable bonds is 5. The fraction of sp³-hybridized carbons (Fsp3) is 0.167. The second-order valence-electron chi connectivity index (χ2n) is 7.36. The third kappa shape index (κ3) is 4.46. The molecular formula is C24H23N3O3S. The van der Waals surface area contributed by atoms with Gasteiger partial charge in [0, 0.05) is 17.0 Å². The van der Waals surface area contributed by atoms with Crippen LogP contribution in [0.3, 0.4) is 0 Å². The average molecular weight is 434 g/mol. The lowest BCUT2D eigenvalue weighted by atomic mass is 10.1. The van der Waals surface area contributed by atoms with Crippen molar-refractivity contribution in [3.8, 4) is 28.5 Å². The first-order valence-electron chi connectivity index (χ1n) is 9.83. The molecule has 0 amide bonds. The monoisotopic (exact) mass is 433 g/mol. The van der Waals surface area contributed by atoms with Crippen LogP contribution in [-0.2, 0) is 0 Å². The van der Waals surface area contributed by atoms with Crippen molar-refractivity contribution < 1.29 is 14.9 Å². The Bertz CT molecular complexity index is 1340. The molecule has 0 aliphatic rings. The molecule has 31 heavy (non-hydrogen) atoms. The van der Waals surface area contributed by atoms with E-state index in [1.165, 1.54) is 23.5 Å². The minimum atomic E-state index is -0.184. The molecule has 0 atom stereocenters. The lowest BCUT2D eigenvalue weighted by Crippen LogP contribution is -2.14. The van der Waals surface area contributed by atoms with Crippen molar-refractivity contribution in [1.82, 2.24) is 4.68 Å². The van der Waals surface area contributed by atoms with E-state index in [1.807, 2.05) is 37.4 Å². The third-order valence-corrected chi connectivity index (χ3v) is 5.55. The van der Waals surface area contributed by atoms with Crippen molar-refractivity contribution in [2.24, 2.45) is 10.1 Å². The number of phenolic OH excluding ortho intramolecular Hbond substituents is 2. The maximum Gasteiger partial charge on any atom is 0.206 e. The van der Waals surface area contributed by atoms with Gasteiger partial charge in [0.1, 0.15) is 5.75 Å². The van der Waals surface area contributed by atoms with Crippen LogP contribution in [0, 0.1) is 0 Å². The quantitative estimate of drug-likeness (QED) is 0.344. The number of methoxy groups -OCH3 is 1. The van der Waals surface area contributed by atoms with Gasteiger partial charge >= 0.3 is 0 Å². The summed E-state index contributed by atoms with van der Waals surface area (Å²) in [5.74, 6) is 0.478. The second-order valence-corrected chi connectivity index (χ2v) is 8.20. The molecule has 0 saturated heterocycles. The molecule has 1 heterocycles. The average Bonchev–Trinajstić information content (AvgIpc) is 3.15. The van der Waals surface area contributed by atoms with E-state index in [-0.39, 0.29) is 17.5 Å². The minimum Gasteiger partial charge on any atom is -0.504 e. The van der Waals surface area contributed by atoms with Crippen LogP contribution in [0.5, 0.6) is 17.2 Å². The van der Waals surface area contributed by atoms with Crippen LogP contribution >= 0.6 is 11.3 Å². The Labute approximate surface area is 184 Å². The van der Waals surface area contributed by atoms with Gasteiger partial charge in [-0.15, -0.1) is 11.3 Å². The zero-order chi connectivity index (χ0) is 22.0. The highest BCUT2D eigenvalue weighted by atomic mass is 32.1. The molecule has 0 spiro atoms. The van der Waals surface area contributed by atoms with Gasteiger partial charge in [-0.1, -0.05) is 18.2 Å². The molecule has 1 aromatic heterocycles. The zero-order valence-corrected chi connectivity index (χ0v) is 18.3. The highest BCUT2D eigenvalue weighted by molar-refractivity contribution is 7.07. The van der Waals surface area contributed by atoms with Gasteiger partial charge in [0.05, 0.1) is 19.0 Å². The molecule has 6 nitrogen and oxygen atoms in total. The van der Waals surface area contributed by atoms with E-state index in [0.717, 1.165) is 32.6 Å².